The van der Waals surface area contributed by atoms with Gasteiger partial charge in [0.25, 0.3) is 17.7 Å². The molecule has 5 rings (SSSR count). The van der Waals surface area contributed by atoms with E-state index in [1.165, 1.54) is 0 Å². The van der Waals surface area contributed by atoms with Crippen LogP contribution in [0.3, 0.4) is 0 Å². The van der Waals surface area contributed by atoms with Crippen molar-refractivity contribution in [3.05, 3.63) is 101 Å². The maximum Gasteiger partial charge on any atom is 0.262 e. The normalized spacial score (nSPS) is 18.5. The van der Waals surface area contributed by atoms with E-state index in [0.717, 1.165) is 29.0 Å². The Morgan fingerprint density at radius 2 is 1.42 bits per heavy atom. The number of para-hydroxylation sites is 1. The molecule has 2 atom stereocenters. The van der Waals surface area contributed by atoms with E-state index in [9.17, 15) is 14.4 Å². The average Bonchev–Trinajstić information content (AvgIpc) is 3.05. The van der Waals surface area contributed by atoms with Gasteiger partial charge in [-0.1, -0.05) is 60.7 Å². The van der Waals surface area contributed by atoms with Gasteiger partial charge in [0.2, 0.25) is 0 Å². The van der Waals surface area contributed by atoms with Crippen molar-refractivity contribution in [1.82, 2.24) is 4.90 Å². The Balaban J connectivity index is 1.63. The van der Waals surface area contributed by atoms with Crippen LogP contribution in [-0.2, 0) is 11.2 Å². The number of aryl methyl sites for hydroxylation is 1. The van der Waals surface area contributed by atoms with Crippen molar-refractivity contribution < 1.29 is 14.4 Å². The molecular weight excluding hydrogens is 388 g/mol. The van der Waals surface area contributed by atoms with Crippen molar-refractivity contribution in [1.29, 1.82) is 0 Å². The van der Waals surface area contributed by atoms with E-state index in [1.807, 2.05) is 49.4 Å². The second kappa shape index (κ2) is 7.51. The molecule has 0 aromatic heterocycles. The van der Waals surface area contributed by atoms with Crippen LogP contribution >= 0.6 is 0 Å². The van der Waals surface area contributed by atoms with Crippen molar-refractivity contribution in [3.8, 4) is 0 Å². The summed E-state index contributed by atoms with van der Waals surface area (Å²) in [5.74, 6) is -1.12. The van der Waals surface area contributed by atoms with Crippen LogP contribution in [0.25, 0.3) is 0 Å². The summed E-state index contributed by atoms with van der Waals surface area (Å²) >= 11 is 0. The van der Waals surface area contributed by atoms with Gasteiger partial charge in [0, 0.05) is 11.7 Å². The highest BCUT2D eigenvalue weighted by atomic mass is 16.2. The smallest absolute Gasteiger partial charge is 0.262 e. The zero-order valence-corrected chi connectivity index (χ0v) is 17.2. The molecule has 0 unspecified atom stereocenters. The Hall–Kier alpha value is -3.73. The number of fused-ring (bicyclic) bond motifs is 2. The first kappa shape index (κ1) is 19.2. The highest BCUT2D eigenvalue weighted by Crippen LogP contribution is 2.37. The van der Waals surface area contributed by atoms with E-state index in [4.69, 9.17) is 0 Å². The van der Waals surface area contributed by atoms with E-state index in [-0.39, 0.29) is 11.9 Å². The van der Waals surface area contributed by atoms with Gasteiger partial charge >= 0.3 is 0 Å². The van der Waals surface area contributed by atoms with Gasteiger partial charge < -0.3 is 4.90 Å². The summed E-state index contributed by atoms with van der Waals surface area (Å²) in [5.41, 5.74) is 3.26. The maximum absolute atomic E-state index is 14.1. The second-order valence-corrected chi connectivity index (χ2v) is 8.06. The third-order valence-electron chi connectivity index (χ3n) is 6.19. The van der Waals surface area contributed by atoms with Gasteiger partial charge in [-0.15, -0.1) is 0 Å². The van der Waals surface area contributed by atoms with E-state index in [0.29, 0.717) is 16.7 Å². The molecule has 154 valence electrons. The van der Waals surface area contributed by atoms with Crippen molar-refractivity contribution >= 4 is 23.4 Å². The molecular formula is C26H22N2O3. The first-order valence-corrected chi connectivity index (χ1v) is 10.5. The number of anilines is 1. The Labute approximate surface area is 180 Å². The Bertz CT molecular complexity index is 1150. The van der Waals surface area contributed by atoms with Gasteiger partial charge in [-0.2, -0.15) is 0 Å². The fourth-order valence-corrected chi connectivity index (χ4v) is 4.64. The predicted molar refractivity (Wildman–Crippen MR) is 118 cm³/mol. The Kier molecular flexibility index (Phi) is 4.66. The zero-order chi connectivity index (χ0) is 21.5. The molecule has 0 bridgehead atoms. The highest BCUT2D eigenvalue weighted by Gasteiger charge is 2.46. The third-order valence-corrected chi connectivity index (χ3v) is 6.19. The largest absolute Gasteiger partial charge is 0.307 e. The van der Waals surface area contributed by atoms with Crippen molar-refractivity contribution in [3.63, 3.8) is 0 Å². The van der Waals surface area contributed by atoms with Crippen molar-refractivity contribution in [2.75, 3.05) is 4.90 Å². The van der Waals surface area contributed by atoms with Crippen LogP contribution in [0.2, 0.25) is 0 Å². The number of nitrogens with zero attached hydrogens (tertiary/aromatic N) is 2. The molecule has 0 saturated carbocycles. The molecule has 3 aromatic carbocycles. The second-order valence-electron chi connectivity index (χ2n) is 8.06. The lowest BCUT2D eigenvalue weighted by Gasteiger charge is -2.39. The summed E-state index contributed by atoms with van der Waals surface area (Å²) in [4.78, 5) is 43.5. The number of rotatable bonds is 3. The summed E-state index contributed by atoms with van der Waals surface area (Å²) in [6, 6.07) is 22.6. The summed E-state index contributed by atoms with van der Waals surface area (Å²) in [7, 11) is 0. The molecule has 3 aromatic rings. The fourth-order valence-electron chi connectivity index (χ4n) is 4.64. The molecule has 31 heavy (non-hydrogen) atoms. The van der Waals surface area contributed by atoms with Crippen LogP contribution in [0, 0.1) is 0 Å². The maximum atomic E-state index is 14.1. The topological polar surface area (TPSA) is 57.7 Å². The molecule has 0 fully saturated rings. The van der Waals surface area contributed by atoms with Gasteiger partial charge in [-0.3, -0.25) is 19.3 Å². The lowest BCUT2D eigenvalue weighted by Crippen LogP contribution is -2.50. The van der Waals surface area contributed by atoms with Crippen LogP contribution in [0.15, 0.2) is 78.9 Å². The molecule has 2 aliphatic heterocycles. The van der Waals surface area contributed by atoms with E-state index < -0.39 is 17.9 Å². The zero-order valence-electron chi connectivity index (χ0n) is 17.2. The van der Waals surface area contributed by atoms with Crippen LogP contribution in [0.1, 0.15) is 51.2 Å². The first-order valence-electron chi connectivity index (χ1n) is 10.5. The molecule has 3 amide bonds. The quantitative estimate of drug-likeness (QED) is 0.602. The summed E-state index contributed by atoms with van der Waals surface area (Å²) in [6.45, 7) is 2.01. The van der Waals surface area contributed by atoms with Gasteiger partial charge in [0.15, 0.2) is 0 Å². The minimum atomic E-state index is -1.03. The van der Waals surface area contributed by atoms with E-state index in [2.05, 4.69) is 0 Å². The fraction of sp³-hybridized carbons (Fsp3) is 0.192. The van der Waals surface area contributed by atoms with Crippen LogP contribution in [0.4, 0.5) is 5.69 Å². The molecule has 0 N–H and O–H groups in total. The van der Waals surface area contributed by atoms with Crippen molar-refractivity contribution in [2.45, 2.75) is 31.8 Å². The molecule has 0 radical (unpaired) electrons. The van der Waals surface area contributed by atoms with Gasteiger partial charge in [0.1, 0.15) is 6.04 Å². The predicted octanol–water partition coefficient (Wildman–Crippen LogP) is 4.39. The van der Waals surface area contributed by atoms with E-state index in [1.54, 1.807) is 41.3 Å². The number of amides is 3. The summed E-state index contributed by atoms with van der Waals surface area (Å²) < 4.78 is 0. The van der Waals surface area contributed by atoms with E-state index >= 15 is 0 Å². The van der Waals surface area contributed by atoms with Crippen LogP contribution in [0.5, 0.6) is 0 Å². The van der Waals surface area contributed by atoms with Crippen LogP contribution < -0.4 is 4.90 Å². The minimum absolute atomic E-state index is 0.0382. The summed E-state index contributed by atoms with van der Waals surface area (Å²) in [5, 5.41) is 0. The lowest BCUT2D eigenvalue weighted by atomic mass is 9.94. The van der Waals surface area contributed by atoms with Gasteiger partial charge in [-0.05, 0) is 49.1 Å². The van der Waals surface area contributed by atoms with Crippen LogP contribution in [-0.4, -0.2) is 28.7 Å². The third kappa shape index (κ3) is 3.05. The first-order chi connectivity index (χ1) is 15.1. The number of carbonyl (C=O) groups is 3. The molecule has 0 saturated heterocycles. The molecule has 2 heterocycles. The summed E-state index contributed by atoms with van der Waals surface area (Å²) in [6.07, 6.45) is 1.72. The Morgan fingerprint density at radius 1 is 0.839 bits per heavy atom. The molecule has 2 aliphatic rings. The number of hydrogen-bond donors (Lipinski definition) is 0. The average molecular weight is 410 g/mol. The number of imide groups is 1. The Morgan fingerprint density at radius 3 is 2.10 bits per heavy atom. The minimum Gasteiger partial charge on any atom is -0.307 e. The standard InChI is InChI=1S/C26H22N2O3/c1-17-15-16-18-9-5-8-14-22(18)27(17)26(31)23(19-10-3-2-4-11-19)28-24(29)20-12-6-7-13-21(20)25(28)30/h2-14,17,23H,15-16H2,1H3/t17-,23-/m0/s1. The molecule has 5 nitrogen and oxygen atoms in total. The number of hydrogen-bond acceptors (Lipinski definition) is 3. The molecule has 0 spiro atoms. The number of carbonyl (C=O) groups excluding carboxylic acids is 3. The monoisotopic (exact) mass is 410 g/mol. The highest BCUT2D eigenvalue weighted by molar-refractivity contribution is 6.23. The molecule has 5 heteroatoms. The SMILES string of the molecule is C[C@H]1CCc2ccccc2N1C(=O)[C@H](c1ccccc1)N1C(=O)c2ccccc2C1=O. The van der Waals surface area contributed by atoms with Gasteiger partial charge in [-0.25, -0.2) is 0 Å². The van der Waals surface area contributed by atoms with Gasteiger partial charge in [0.05, 0.1) is 11.1 Å². The number of benzene rings is 3. The lowest BCUT2D eigenvalue weighted by molar-refractivity contribution is -0.123. The van der Waals surface area contributed by atoms with Crippen molar-refractivity contribution in [2.24, 2.45) is 0 Å². The molecule has 0 aliphatic carbocycles.